The smallest absolute Gasteiger partial charge is 0.227 e. The first-order valence-electron chi connectivity index (χ1n) is 7.53. The molecule has 0 N–H and O–H groups in total. The van der Waals surface area contributed by atoms with Crippen LogP contribution in [-0.4, -0.2) is 22.5 Å². The Morgan fingerprint density at radius 3 is 2.95 bits per heavy atom. The van der Waals surface area contributed by atoms with E-state index in [1.807, 2.05) is 43.0 Å². The number of benzene rings is 1. The number of halogens is 1. The normalized spacial score (nSPS) is 18.0. The van der Waals surface area contributed by atoms with Crippen LogP contribution in [0.4, 0.5) is 0 Å². The fraction of sp³-hybridized carbons (Fsp3) is 0.412. The van der Waals surface area contributed by atoms with Gasteiger partial charge in [-0.25, -0.2) is 0 Å². The van der Waals surface area contributed by atoms with E-state index in [1.54, 1.807) is 0 Å². The van der Waals surface area contributed by atoms with E-state index in [4.69, 9.17) is 16.1 Å². The van der Waals surface area contributed by atoms with E-state index in [0.29, 0.717) is 11.4 Å². The van der Waals surface area contributed by atoms with Crippen molar-refractivity contribution in [2.45, 2.75) is 39.2 Å². The molecule has 1 amide bonds. The highest BCUT2D eigenvalue weighted by Crippen LogP contribution is 2.33. The Balaban J connectivity index is 1.80. The van der Waals surface area contributed by atoms with Gasteiger partial charge in [-0.1, -0.05) is 28.9 Å². The zero-order valence-corrected chi connectivity index (χ0v) is 13.6. The summed E-state index contributed by atoms with van der Waals surface area (Å²) >= 11 is 6.08. The lowest BCUT2D eigenvalue weighted by molar-refractivity contribution is -0.131. The minimum atomic E-state index is 0.117. The van der Waals surface area contributed by atoms with Crippen molar-refractivity contribution >= 4 is 17.5 Å². The molecule has 5 heteroatoms. The number of aryl methyl sites for hydroxylation is 2. The van der Waals surface area contributed by atoms with E-state index < -0.39 is 0 Å². The monoisotopic (exact) mass is 318 g/mol. The molecular formula is C17H19ClN2O2. The molecule has 1 aliphatic heterocycles. The van der Waals surface area contributed by atoms with Crippen LogP contribution in [0.3, 0.4) is 0 Å². The topological polar surface area (TPSA) is 46.3 Å². The summed E-state index contributed by atoms with van der Waals surface area (Å²) in [5.74, 6) is 0.848. The van der Waals surface area contributed by atoms with Gasteiger partial charge in [-0.05, 0) is 44.4 Å². The van der Waals surface area contributed by atoms with Gasteiger partial charge < -0.3 is 9.42 Å². The SMILES string of the molecule is Cc1noc(C)c1CC(=O)N1CCC[C@H]1c1cccc(Cl)c1. The summed E-state index contributed by atoms with van der Waals surface area (Å²) in [6, 6.07) is 7.90. The summed E-state index contributed by atoms with van der Waals surface area (Å²) in [6.07, 6.45) is 2.34. The first kappa shape index (κ1) is 15.1. The zero-order valence-electron chi connectivity index (χ0n) is 12.8. The van der Waals surface area contributed by atoms with Crippen LogP contribution in [0.1, 0.15) is 41.5 Å². The van der Waals surface area contributed by atoms with Crippen molar-refractivity contribution in [2.75, 3.05) is 6.54 Å². The molecule has 4 nitrogen and oxygen atoms in total. The number of rotatable bonds is 3. The van der Waals surface area contributed by atoms with Gasteiger partial charge in [0.25, 0.3) is 0 Å². The number of aromatic nitrogens is 1. The number of hydrogen-bond donors (Lipinski definition) is 0. The van der Waals surface area contributed by atoms with Crippen molar-refractivity contribution in [3.63, 3.8) is 0 Å². The Morgan fingerprint density at radius 1 is 1.45 bits per heavy atom. The largest absolute Gasteiger partial charge is 0.361 e. The standard InChI is InChI=1S/C17H19ClN2O2/c1-11-15(12(2)22-19-11)10-17(21)20-8-4-7-16(20)13-5-3-6-14(18)9-13/h3,5-6,9,16H,4,7-8,10H2,1-2H3/t16-/m0/s1. The van der Waals surface area contributed by atoms with Crippen molar-refractivity contribution in [1.82, 2.24) is 10.1 Å². The maximum Gasteiger partial charge on any atom is 0.227 e. The van der Waals surface area contributed by atoms with Gasteiger partial charge in [0.2, 0.25) is 5.91 Å². The van der Waals surface area contributed by atoms with E-state index in [2.05, 4.69) is 5.16 Å². The highest BCUT2D eigenvalue weighted by molar-refractivity contribution is 6.30. The first-order chi connectivity index (χ1) is 10.6. The molecule has 1 atom stereocenters. The van der Waals surface area contributed by atoms with Gasteiger partial charge >= 0.3 is 0 Å². The average molecular weight is 319 g/mol. The van der Waals surface area contributed by atoms with Gasteiger partial charge in [-0.15, -0.1) is 0 Å². The summed E-state index contributed by atoms with van der Waals surface area (Å²) in [4.78, 5) is 14.7. The minimum absolute atomic E-state index is 0.117. The van der Waals surface area contributed by atoms with E-state index in [0.717, 1.165) is 42.0 Å². The molecule has 1 saturated heterocycles. The average Bonchev–Trinajstić information content (AvgIpc) is 3.09. The Bertz CT molecular complexity index is 676. The van der Waals surface area contributed by atoms with Gasteiger partial charge in [0.1, 0.15) is 5.76 Å². The third-order valence-electron chi connectivity index (χ3n) is 4.32. The Hall–Kier alpha value is -1.81. The van der Waals surface area contributed by atoms with Crippen molar-refractivity contribution in [3.8, 4) is 0 Å². The number of amides is 1. The van der Waals surface area contributed by atoms with Gasteiger partial charge in [-0.3, -0.25) is 4.79 Å². The summed E-state index contributed by atoms with van der Waals surface area (Å²) in [6.45, 7) is 4.51. The molecule has 1 fully saturated rings. The van der Waals surface area contributed by atoms with Crippen molar-refractivity contribution in [1.29, 1.82) is 0 Å². The number of carbonyl (C=O) groups is 1. The predicted molar refractivity (Wildman–Crippen MR) is 84.8 cm³/mol. The molecule has 3 rings (SSSR count). The first-order valence-corrected chi connectivity index (χ1v) is 7.90. The Labute approximate surface area is 135 Å². The summed E-state index contributed by atoms with van der Waals surface area (Å²) in [5, 5.41) is 4.63. The molecule has 116 valence electrons. The van der Waals surface area contributed by atoms with Gasteiger partial charge in [0.05, 0.1) is 18.2 Å². The zero-order chi connectivity index (χ0) is 15.7. The second kappa shape index (κ2) is 6.13. The molecule has 22 heavy (non-hydrogen) atoms. The van der Waals surface area contributed by atoms with Gasteiger partial charge in [0, 0.05) is 17.1 Å². The molecule has 2 aromatic rings. The maximum atomic E-state index is 12.7. The molecule has 0 aliphatic carbocycles. The lowest BCUT2D eigenvalue weighted by Crippen LogP contribution is -2.32. The minimum Gasteiger partial charge on any atom is -0.361 e. The Kier molecular flexibility index (Phi) is 4.21. The molecule has 0 saturated carbocycles. The molecule has 0 radical (unpaired) electrons. The molecule has 1 aromatic heterocycles. The number of carbonyl (C=O) groups excluding carboxylic acids is 1. The fourth-order valence-electron chi connectivity index (χ4n) is 3.13. The maximum absolute atomic E-state index is 12.7. The van der Waals surface area contributed by atoms with Crippen LogP contribution in [0, 0.1) is 13.8 Å². The van der Waals surface area contributed by atoms with Gasteiger partial charge in [0.15, 0.2) is 0 Å². The molecule has 1 aliphatic rings. The van der Waals surface area contributed by atoms with Gasteiger partial charge in [-0.2, -0.15) is 0 Å². The lowest BCUT2D eigenvalue weighted by atomic mass is 10.0. The van der Waals surface area contributed by atoms with E-state index in [1.165, 1.54) is 0 Å². The van der Waals surface area contributed by atoms with Crippen molar-refractivity contribution < 1.29 is 9.32 Å². The summed E-state index contributed by atoms with van der Waals surface area (Å²) < 4.78 is 5.15. The lowest BCUT2D eigenvalue weighted by Gasteiger charge is -2.25. The van der Waals surface area contributed by atoms with Crippen LogP contribution < -0.4 is 0 Å². The number of nitrogens with zero attached hydrogens (tertiary/aromatic N) is 2. The molecule has 2 heterocycles. The Morgan fingerprint density at radius 2 is 2.27 bits per heavy atom. The summed E-state index contributed by atoms with van der Waals surface area (Å²) in [5.41, 5.74) is 2.81. The van der Waals surface area contributed by atoms with Crippen molar-refractivity contribution in [3.05, 3.63) is 51.9 Å². The molecule has 0 unspecified atom stereocenters. The molecule has 0 spiro atoms. The van der Waals surface area contributed by atoms with E-state index in [9.17, 15) is 4.79 Å². The molecule has 0 bridgehead atoms. The fourth-order valence-corrected chi connectivity index (χ4v) is 3.33. The van der Waals surface area contributed by atoms with Crippen LogP contribution in [0.25, 0.3) is 0 Å². The summed E-state index contributed by atoms with van der Waals surface area (Å²) in [7, 11) is 0. The third kappa shape index (κ3) is 2.88. The number of likely N-dealkylation sites (tertiary alicyclic amines) is 1. The highest BCUT2D eigenvalue weighted by atomic mass is 35.5. The molecular weight excluding hydrogens is 300 g/mol. The second-order valence-electron chi connectivity index (χ2n) is 5.78. The highest BCUT2D eigenvalue weighted by Gasteiger charge is 2.30. The van der Waals surface area contributed by atoms with Crippen LogP contribution >= 0.6 is 11.6 Å². The van der Waals surface area contributed by atoms with Crippen molar-refractivity contribution in [2.24, 2.45) is 0 Å². The van der Waals surface area contributed by atoms with Crippen LogP contribution in [0.15, 0.2) is 28.8 Å². The van der Waals surface area contributed by atoms with E-state index >= 15 is 0 Å². The predicted octanol–water partition coefficient (Wildman–Crippen LogP) is 3.85. The second-order valence-corrected chi connectivity index (χ2v) is 6.22. The quantitative estimate of drug-likeness (QED) is 0.863. The number of hydrogen-bond acceptors (Lipinski definition) is 3. The third-order valence-corrected chi connectivity index (χ3v) is 4.55. The van der Waals surface area contributed by atoms with Crippen LogP contribution in [-0.2, 0) is 11.2 Å². The van der Waals surface area contributed by atoms with Crippen LogP contribution in [0.5, 0.6) is 0 Å². The van der Waals surface area contributed by atoms with Crippen LogP contribution in [0.2, 0.25) is 5.02 Å². The molecule has 1 aromatic carbocycles. The van der Waals surface area contributed by atoms with E-state index in [-0.39, 0.29) is 11.9 Å².